The number of carbonyl (C=O) groups excluding carboxylic acids is 3. The van der Waals surface area contributed by atoms with Crippen LogP contribution < -0.4 is 16.4 Å². The van der Waals surface area contributed by atoms with Crippen LogP contribution in [0.4, 0.5) is 10.7 Å². The van der Waals surface area contributed by atoms with Crippen molar-refractivity contribution in [3.63, 3.8) is 0 Å². The van der Waals surface area contributed by atoms with Crippen LogP contribution in [-0.4, -0.2) is 49.6 Å². The van der Waals surface area contributed by atoms with Gasteiger partial charge in [-0.1, -0.05) is 19.1 Å². The van der Waals surface area contributed by atoms with Gasteiger partial charge in [0.1, 0.15) is 16.0 Å². The lowest BCUT2D eigenvalue weighted by Gasteiger charge is -2.19. The number of rotatable bonds is 8. The van der Waals surface area contributed by atoms with E-state index in [1.54, 1.807) is 37.5 Å². The van der Waals surface area contributed by atoms with Crippen molar-refractivity contribution >= 4 is 46.4 Å². The van der Waals surface area contributed by atoms with Crippen molar-refractivity contribution in [2.75, 3.05) is 11.9 Å². The summed E-state index contributed by atoms with van der Waals surface area (Å²) in [5, 5.41) is 6.29. The van der Waals surface area contributed by atoms with Gasteiger partial charge < -0.3 is 15.8 Å². The van der Waals surface area contributed by atoms with Crippen LogP contribution >= 0.6 is 11.3 Å². The second-order valence-electron chi connectivity index (χ2n) is 8.65. The average molecular weight is 500 g/mol. The van der Waals surface area contributed by atoms with E-state index >= 15 is 0 Å². The highest BCUT2D eigenvalue weighted by Crippen LogP contribution is 2.23. The molecule has 186 valence electrons. The van der Waals surface area contributed by atoms with E-state index < -0.39 is 17.6 Å². The van der Waals surface area contributed by atoms with Crippen molar-refractivity contribution in [3.05, 3.63) is 45.6 Å². The SMILES string of the molecule is CCc1nc(C)sc1C(=O)Nc1nc2cc(C(N)=O)cnc2n1C/C=C/CNC(=O)OC(C)(C)C. The molecule has 0 fully saturated rings. The zero-order valence-electron chi connectivity index (χ0n) is 20.3. The number of nitrogens with zero attached hydrogens (tertiary/aromatic N) is 4. The van der Waals surface area contributed by atoms with Crippen LogP contribution in [0.2, 0.25) is 0 Å². The van der Waals surface area contributed by atoms with Crippen LogP contribution in [0, 0.1) is 6.92 Å². The third kappa shape index (κ3) is 6.63. The van der Waals surface area contributed by atoms with Crippen LogP contribution in [0.3, 0.4) is 0 Å². The van der Waals surface area contributed by atoms with Gasteiger partial charge in [-0.05, 0) is 40.2 Å². The number of nitrogens with two attached hydrogens (primary N) is 1. The predicted molar refractivity (Wildman–Crippen MR) is 134 cm³/mol. The van der Waals surface area contributed by atoms with Crippen LogP contribution in [0.5, 0.6) is 0 Å². The molecule has 0 bridgehead atoms. The third-order valence-electron chi connectivity index (χ3n) is 4.66. The Balaban J connectivity index is 1.83. The first-order valence-corrected chi connectivity index (χ1v) is 11.9. The highest BCUT2D eigenvalue weighted by molar-refractivity contribution is 7.13. The molecule has 0 radical (unpaired) electrons. The van der Waals surface area contributed by atoms with Crippen molar-refractivity contribution in [1.29, 1.82) is 0 Å². The molecule has 0 saturated heterocycles. The Hall–Kier alpha value is -3.80. The number of thiazole rings is 1. The van der Waals surface area contributed by atoms with Gasteiger partial charge in [0.15, 0.2) is 5.65 Å². The third-order valence-corrected chi connectivity index (χ3v) is 5.67. The Kier molecular flexibility index (Phi) is 7.85. The van der Waals surface area contributed by atoms with E-state index in [0.29, 0.717) is 29.0 Å². The summed E-state index contributed by atoms with van der Waals surface area (Å²) in [5.74, 6) is -0.688. The smallest absolute Gasteiger partial charge is 0.407 e. The molecule has 0 aromatic carbocycles. The summed E-state index contributed by atoms with van der Waals surface area (Å²) >= 11 is 1.31. The number of pyridine rings is 1. The lowest BCUT2D eigenvalue weighted by molar-refractivity contribution is 0.0533. The standard InChI is InChI=1S/C23H29N7O4S/c1-6-15-17(35-13(2)27-15)20(32)29-21-28-16-11-14(18(24)31)12-26-19(16)30(21)10-8-7-9-25-22(33)34-23(3,4)5/h7-8,11-12H,6,9-10H2,1-5H3,(H2,24,31)(H,25,33)(H,28,29,32)/b8-7+. The molecule has 35 heavy (non-hydrogen) atoms. The molecule has 4 N–H and O–H groups in total. The number of fused-ring (bicyclic) bond motifs is 1. The number of carbonyl (C=O) groups is 3. The first-order chi connectivity index (χ1) is 16.5. The molecule has 0 spiro atoms. The van der Waals surface area contributed by atoms with Gasteiger partial charge in [-0.2, -0.15) is 0 Å². The lowest BCUT2D eigenvalue weighted by atomic mass is 10.2. The van der Waals surface area contributed by atoms with Crippen molar-refractivity contribution in [3.8, 4) is 0 Å². The molecular weight excluding hydrogens is 470 g/mol. The van der Waals surface area contributed by atoms with Crippen LogP contribution in [0.15, 0.2) is 24.4 Å². The summed E-state index contributed by atoms with van der Waals surface area (Å²) in [4.78, 5) is 50.1. The van der Waals surface area contributed by atoms with Gasteiger partial charge >= 0.3 is 6.09 Å². The van der Waals surface area contributed by atoms with E-state index in [2.05, 4.69) is 25.6 Å². The van der Waals surface area contributed by atoms with Gasteiger partial charge in [0.25, 0.3) is 5.91 Å². The first kappa shape index (κ1) is 25.8. The zero-order chi connectivity index (χ0) is 25.8. The summed E-state index contributed by atoms with van der Waals surface area (Å²) in [7, 11) is 0. The maximum atomic E-state index is 13.0. The number of alkyl carbamates (subject to hydrolysis) is 1. The Morgan fingerprint density at radius 1 is 1.23 bits per heavy atom. The molecule has 3 heterocycles. The van der Waals surface area contributed by atoms with Crippen LogP contribution in [0.25, 0.3) is 11.2 Å². The molecule has 0 aliphatic heterocycles. The number of hydrogen-bond acceptors (Lipinski definition) is 8. The maximum absolute atomic E-state index is 13.0. The summed E-state index contributed by atoms with van der Waals surface area (Å²) in [5.41, 5.74) is 6.59. The Morgan fingerprint density at radius 3 is 2.63 bits per heavy atom. The molecule has 0 saturated carbocycles. The zero-order valence-corrected chi connectivity index (χ0v) is 21.2. The minimum Gasteiger partial charge on any atom is -0.444 e. The molecular formula is C23H29N7O4S. The van der Waals surface area contributed by atoms with Gasteiger partial charge in [0.2, 0.25) is 11.9 Å². The Morgan fingerprint density at radius 2 is 1.97 bits per heavy atom. The number of aromatic nitrogens is 4. The molecule has 0 aliphatic rings. The molecule has 12 heteroatoms. The highest BCUT2D eigenvalue weighted by atomic mass is 32.1. The van der Waals surface area contributed by atoms with Gasteiger partial charge in [0.05, 0.1) is 16.3 Å². The number of allylic oxidation sites excluding steroid dienone is 1. The van der Waals surface area contributed by atoms with Gasteiger partial charge in [-0.15, -0.1) is 11.3 Å². The lowest BCUT2D eigenvalue weighted by Crippen LogP contribution is -2.32. The molecule has 0 unspecified atom stereocenters. The van der Waals surface area contributed by atoms with E-state index in [-0.39, 0.29) is 24.0 Å². The number of anilines is 1. The summed E-state index contributed by atoms with van der Waals surface area (Å²) in [6.45, 7) is 9.70. The van der Waals surface area contributed by atoms with E-state index in [9.17, 15) is 14.4 Å². The molecule has 3 rings (SSSR count). The minimum atomic E-state index is -0.625. The van der Waals surface area contributed by atoms with Gasteiger partial charge in [0, 0.05) is 19.3 Å². The predicted octanol–water partition coefficient (Wildman–Crippen LogP) is 3.19. The fourth-order valence-corrected chi connectivity index (χ4v) is 4.08. The van der Waals surface area contributed by atoms with E-state index in [1.807, 2.05) is 13.8 Å². The fraction of sp³-hybridized carbons (Fsp3) is 0.391. The number of primary amides is 1. The molecule has 3 aromatic rings. The number of ether oxygens (including phenoxy) is 1. The van der Waals surface area contributed by atoms with Crippen molar-refractivity contribution < 1.29 is 19.1 Å². The maximum Gasteiger partial charge on any atom is 0.407 e. The topological polar surface area (TPSA) is 154 Å². The normalized spacial score (nSPS) is 11.7. The van der Waals surface area contributed by atoms with Crippen LogP contribution in [-0.2, 0) is 17.7 Å². The average Bonchev–Trinajstić information content (AvgIpc) is 3.31. The van der Waals surface area contributed by atoms with E-state index in [4.69, 9.17) is 10.5 Å². The molecule has 3 aromatic heterocycles. The van der Waals surface area contributed by atoms with Gasteiger partial charge in [-0.25, -0.2) is 19.7 Å². The number of aryl methyl sites for hydroxylation is 2. The Labute approximate surface area is 206 Å². The number of imidazole rings is 1. The van der Waals surface area contributed by atoms with Crippen LogP contribution in [0.1, 0.15) is 58.4 Å². The summed E-state index contributed by atoms with van der Waals surface area (Å²) in [6.07, 6.45) is 5.02. The number of amides is 3. The largest absolute Gasteiger partial charge is 0.444 e. The summed E-state index contributed by atoms with van der Waals surface area (Å²) in [6, 6.07) is 1.53. The highest BCUT2D eigenvalue weighted by Gasteiger charge is 2.20. The van der Waals surface area contributed by atoms with E-state index in [0.717, 1.165) is 10.7 Å². The second kappa shape index (κ2) is 10.6. The minimum absolute atomic E-state index is 0.212. The molecule has 3 amide bonds. The van der Waals surface area contributed by atoms with E-state index in [1.165, 1.54) is 23.6 Å². The second-order valence-corrected chi connectivity index (χ2v) is 9.85. The van der Waals surface area contributed by atoms with Crippen molar-refractivity contribution in [2.24, 2.45) is 5.73 Å². The number of hydrogen-bond donors (Lipinski definition) is 3. The van der Waals surface area contributed by atoms with Gasteiger partial charge in [-0.3, -0.25) is 19.5 Å². The summed E-state index contributed by atoms with van der Waals surface area (Å²) < 4.78 is 6.90. The first-order valence-electron chi connectivity index (χ1n) is 11.0. The fourth-order valence-electron chi connectivity index (χ4n) is 3.18. The number of nitrogens with one attached hydrogen (secondary N) is 2. The van der Waals surface area contributed by atoms with Crippen molar-refractivity contribution in [1.82, 2.24) is 24.8 Å². The quantitative estimate of drug-likeness (QED) is 0.402. The molecule has 0 atom stereocenters. The molecule has 0 aliphatic carbocycles. The Bertz CT molecular complexity index is 1290. The monoisotopic (exact) mass is 499 g/mol. The van der Waals surface area contributed by atoms with Crippen molar-refractivity contribution in [2.45, 2.75) is 53.2 Å². The molecule has 11 nitrogen and oxygen atoms in total.